The molecule has 0 N–H and O–H groups in total. The van der Waals surface area contributed by atoms with Gasteiger partial charge in [0.2, 0.25) is 0 Å². The van der Waals surface area contributed by atoms with Crippen molar-refractivity contribution in [2.75, 3.05) is 19.8 Å². The van der Waals surface area contributed by atoms with E-state index in [1.807, 2.05) is 19.9 Å². The van der Waals surface area contributed by atoms with Crippen LogP contribution in [-0.4, -0.2) is 30.4 Å². The van der Waals surface area contributed by atoms with Gasteiger partial charge < -0.3 is 14.0 Å². The largest absolute Gasteiger partial charge is 0.462 e. The second kappa shape index (κ2) is 6.93. The molecule has 2 heterocycles. The number of nitrogens with zero attached hydrogens (tertiary/aromatic N) is 1. The number of esters is 1. The molecule has 2 rings (SSSR count). The van der Waals surface area contributed by atoms with Crippen LogP contribution in [0.1, 0.15) is 47.9 Å². The fourth-order valence-electron chi connectivity index (χ4n) is 2.91. The van der Waals surface area contributed by atoms with Crippen LogP contribution in [0.4, 0.5) is 0 Å². The van der Waals surface area contributed by atoms with E-state index in [9.17, 15) is 4.79 Å². The average molecular weight is 279 g/mol. The monoisotopic (exact) mass is 279 g/mol. The maximum atomic E-state index is 11.9. The molecule has 0 saturated carbocycles. The fourth-order valence-corrected chi connectivity index (χ4v) is 2.91. The minimum absolute atomic E-state index is 0.212. The molecule has 4 nitrogen and oxygen atoms in total. The molecule has 4 heteroatoms. The van der Waals surface area contributed by atoms with E-state index in [1.165, 1.54) is 6.42 Å². The Morgan fingerprint density at radius 2 is 2.20 bits per heavy atom. The zero-order valence-corrected chi connectivity index (χ0v) is 12.8. The first-order valence-corrected chi connectivity index (χ1v) is 7.55. The van der Waals surface area contributed by atoms with Gasteiger partial charge in [-0.25, -0.2) is 4.79 Å². The lowest BCUT2D eigenvalue weighted by atomic mass is 10.0. The molecule has 1 aliphatic rings. The van der Waals surface area contributed by atoms with Crippen LogP contribution in [-0.2, 0) is 16.0 Å². The summed E-state index contributed by atoms with van der Waals surface area (Å²) in [6.45, 7) is 9.03. The van der Waals surface area contributed by atoms with Gasteiger partial charge in [0.25, 0.3) is 0 Å². The van der Waals surface area contributed by atoms with Crippen LogP contribution in [0, 0.1) is 19.8 Å². The normalized spacial score (nSPS) is 19.6. The minimum atomic E-state index is -0.212. The van der Waals surface area contributed by atoms with Crippen molar-refractivity contribution in [1.82, 2.24) is 4.57 Å². The summed E-state index contributed by atoms with van der Waals surface area (Å²) < 4.78 is 12.9. The number of carbonyl (C=O) groups is 1. The molecule has 0 aromatic carbocycles. The summed E-state index contributed by atoms with van der Waals surface area (Å²) in [6.07, 6.45) is 3.44. The van der Waals surface area contributed by atoms with E-state index < -0.39 is 0 Å². The number of hydrogen-bond acceptors (Lipinski definition) is 3. The van der Waals surface area contributed by atoms with Gasteiger partial charge in [0, 0.05) is 31.1 Å². The number of aryl methyl sites for hydroxylation is 1. The predicted octanol–water partition coefficient (Wildman–Crippen LogP) is 3.10. The molecule has 1 aliphatic heterocycles. The highest BCUT2D eigenvalue weighted by atomic mass is 16.5. The van der Waals surface area contributed by atoms with Gasteiger partial charge in [-0.05, 0) is 52.0 Å². The van der Waals surface area contributed by atoms with Gasteiger partial charge in [-0.15, -0.1) is 0 Å². The van der Waals surface area contributed by atoms with Gasteiger partial charge in [0.1, 0.15) is 0 Å². The van der Waals surface area contributed by atoms with Crippen molar-refractivity contribution in [3.05, 3.63) is 23.0 Å². The molecular formula is C16H25NO3. The van der Waals surface area contributed by atoms with Gasteiger partial charge in [0.05, 0.1) is 12.2 Å². The lowest BCUT2D eigenvalue weighted by Crippen LogP contribution is -2.14. The number of rotatable bonds is 4. The fraction of sp³-hybridized carbons (Fsp3) is 0.688. The molecule has 1 aromatic rings. The van der Waals surface area contributed by atoms with Crippen molar-refractivity contribution in [2.45, 2.75) is 46.6 Å². The Morgan fingerprint density at radius 3 is 2.95 bits per heavy atom. The van der Waals surface area contributed by atoms with Gasteiger partial charge in [-0.2, -0.15) is 0 Å². The van der Waals surface area contributed by atoms with Crippen LogP contribution in [0.5, 0.6) is 0 Å². The second-order valence-electron chi connectivity index (χ2n) is 5.53. The molecule has 0 bridgehead atoms. The van der Waals surface area contributed by atoms with Crippen molar-refractivity contribution < 1.29 is 14.3 Å². The van der Waals surface area contributed by atoms with E-state index >= 15 is 0 Å². The minimum Gasteiger partial charge on any atom is -0.462 e. The average Bonchev–Trinajstić information content (AvgIpc) is 2.62. The first-order chi connectivity index (χ1) is 9.63. The van der Waals surface area contributed by atoms with E-state index in [2.05, 4.69) is 11.5 Å². The molecule has 112 valence electrons. The lowest BCUT2D eigenvalue weighted by molar-refractivity contribution is 0.0525. The van der Waals surface area contributed by atoms with Crippen LogP contribution in [0.3, 0.4) is 0 Å². The quantitative estimate of drug-likeness (QED) is 0.795. The molecule has 1 aromatic heterocycles. The number of aromatic nitrogens is 1. The number of hydrogen-bond donors (Lipinski definition) is 0. The molecule has 0 aliphatic carbocycles. The molecule has 1 saturated heterocycles. The molecule has 0 amide bonds. The van der Waals surface area contributed by atoms with Gasteiger partial charge in [-0.1, -0.05) is 0 Å². The van der Waals surface area contributed by atoms with Crippen LogP contribution < -0.4 is 0 Å². The van der Waals surface area contributed by atoms with Crippen molar-refractivity contribution >= 4 is 5.97 Å². The third-order valence-corrected chi connectivity index (χ3v) is 4.08. The summed E-state index contributed by atoms with van der Waals surface area (Å²) in [5.41, 5.74) is 2.86. The Labute approximate surface area is 121 Å². The van der Waals surface area contributed by atoms with Gasteiger partial charge in [-0.3, -0.25) is 0 Å². The van der Waals surface area contributed by atoms with Crippen molar-refractivity contribution in [3.8, 4) is 0 Å². The molecule has 0 spiro atoms. The standard InChI is InChI=1S/C16H25NO3/c1-4-20-16(18)15-10-12(2)17(13(15)3)11-14-6-5-8-19-9-7-14/h10,14H,4-9,11H2,1-3H3. The van der Waals surface area contributed by atoms with E-state index in [0.29, 0.717) is 18.1 Å². The molecule has 1 atom stereocenters. The predicted molar refractivity (Wildman–Crippen MR) is 78.0 cm³/mol. The Kier molecular flexibility index (Phi) is 5.24. The van der Waals surface area contributed by atoms with Crippen LogP contribution in [0.15, 0.2) is 6.07 Å². The maximum Gasteiger partial charge on any atom is 0.339 e. The molecule has 1 unspecified atom stereocenters. The van der Waals surface area contributed by atoms with Crippen LogP contribution >= 0.6 is 0 Å². The van der Waals surface area contributed by atoms with E-state index in [4.69, 9.17) is 9.47 Å². The highest BCUT2D eigenvalue weighted by Gasteiger charge is 2.19. The lowest BCUT2D eigenvalue weighted by Gasteiger charge is -2.17. The van der Waals surface area contributed by atoms with E-state index in [1.54, 1.807) is 0 Å². The third-order valence-electron chi connectivity index (χ3n) is 4.08. The van der Waals surface area contributed by atoms with Crippen LogP contribution in [0.2, 0.25) is 0 Å². The number of ether oxygens (including phenoxy) is 2. The van der Waals surface area contributed by atoms with Crippen molar-refractivity contribution in [3.63, 3.8) is 0 Å². The smallest absolute Gasteiger partial charge is 0.339 e. The first kappa shape index (κ1) is 15.1. The Bertz CT molecular complexity index is 457. The maximum absolute atomic E-state index is 11.9. The molecule has 0 radical (unpaired) electrons. The summed E-state index contributed by atoms with van der Waals surface area (Å²) in [7, 11) is 0. The summed E-state index contributed by atoms with van der Waals surface area (Å²) in [5.74, 6) is 0.424. The number of carbonyl (C=O) groups excluding carboxylic acids is 1. The summed E-state index contributed by atoms with van der Waals surface area (Å²) in [5, 5.41) is 0. The van der Waals surface area contributed by atoms with Crippen molar-refractivity contribution in [2.24, 2.45) is 5.92 Å². The zero-order chi connectivity index (χ0) is 14.5. The second-order valence-corrected chi connectivity index (χ2v) is 5.53. The third kappa shape index (κ3) is 3.42. The highest BCUT2D eigenvalue weighted by molar-refractivity contribution is 5.91. The molecule has 1 fully saturated rings. The van der Waals surface area contributed by atoms with Gasteiger partial charge in [0.15, 0.2) is 0 Å². The Hall–Kier alpha value is -1.29. The topological polar surface area (TPSA) is 40.5 Å². The van der Waals surface area contributed by atoms with Crippen LogP contribution in [0.25, 0.3) is 0 Å². The van der Waals surface area contributed by atoms with Gasteiger partial charge >= 0.3 is 5.97 Å². The summed E-state index contributed by atoms with van der Waals surface area (Å²) >= 11 is 0. The summed E-state index contributed by atoms with van der Waals surface area (Å²) in [4.78, 5) is 11.9. The summed E-state index contributed by atoms with van der Waals surface area (Å²) in [6, 6.07) is 1.94. The van der Waals surface area contributed by atoms with Crippen molar-refractivity contribution in [1.29, 1.82) is 0 Å². The Morgan fingerprint density at radius 1 is 1.40 bits per heavy atom. The highest BCUT2D eigenvalue weighted by Crippen LogP contribution is 2.23. The zero-order valence-electron chi connectivity index (χ0n) is 12.8. The van der Waals surface area contributed by atoms with E-state index in [-0.39, 0.29) is 5.97 Å². The first-order valence-electron chi connectivity index (χ1n) is 7.55. The molecular weight excluding hydrogens is 254 g/mol. The molecule has 20 heavy (non-hydrogen) atoms. The van der Waals surface area contributed by atoms with E-state index in [0.717, 1.165) is 44.0 Å². The SMILES string of the molecule is CCOC(=O)c1cc(C)n(CC2CCCOCC2)c1C. The Balaban J connectivity index is 2.13.